The van der Waals surface area contributed by atoms with Crippen molar-refractivity contribution in [3.8, 4) is 6.07 Å². The fraction of sp³-hybridized carbons (Fsp3) is 0.375. The van der Waals surface area contributed by atoms with Gasteiger partial charge in [-0.15, -0.1) is 0 Å². The molecule has 0 aliphatic carbocycles. The summed E-state index contributed by atoms with van der Waals surface area (Å²) < 4.78 is 63.5. The number of halogens is 6. The molecule has 1 aromatic carbocycles. The predicted octanol–water partition coefficient (Wildman–Crippen LogP) is 3.60. The highest BCUT2D eigenvalue weighted by Crippen LogP contribution is 2.34. The van der Waals surface area contributed by atoms with Crippen LogP contribution in [0.4, 0.5) is 26.3 Å². The van der Waals surface area contributed by atoms with Gasteiger partial charge < -0.3 is 15.1 Å². The number of rotatable bonds is 4. The van der Waals surface area contributed by atoms with Crippen LogP contribution < -0.4 is 0 Å². The number of hydrogen-bond donors (Lipinski definition) is 2. The second-order valence-electron chi connectivity index (χ2n) is 8.39. The lowest BCUT2D eigenvalue weighted by Gasteiger charge is -2.25. The van der Waals surface area contributed by atoms with Crippen LogP contribution in [0.3, 0.4) is 0 Å². The normalized spacial score (nSPS) is 18.7. The van der Waals surface area contributed by atoms with E-state index < -0.39 is 24.3 Å². The lowest BCUT2D eigenvalue weighted by atomic mass is 10.1. The Bertz CT molecular complexity index is 1180. The fourth-order valence-corrected chi connectivity index (χ4v) is 4.07. The van der Waals surface area contributed by atoms with Crippen LogP contribution in [0.25, 0.3) is 0 Å². The molecule has 0 unspecified atom stereocenters. The molecule has 2 saturated heterocycles. The zero-order valence-electron chi connectivity index (χ0n) is 20.0. The molecular formula is C24H22F6N4O5. The fourth-order valence-electron chi connectivity index (χ4n) is 4.07. The van der Waals surface area contributed by atoms with Crippen molar-refractivity contribution in [2.75, 3.05) is 6.54 Å². The summed E-state index contributed by atoms with van der Waals surface area (Å²) in [6, 6.07) is 14.5. The number of aromatic nitrogens is 1. The van der Waals surface area contributed by atoms with Gasteiger partial charge >= 0.3 is 24.3 Å². The number of nitrogens with zero attached hydrogens (tertiary/aromatic N) is 4. The minimum Gasteiger partial charge on any atom is -0.475 e. The maximum atomic E-state index is 12.5. The van der Waals surface area contributed by atoms with Crippen LogP contribution in [-0.2, 0) is 27.5 Å². The highest BCUT2D eigenvalue weighted by atomic mass is 19.4. The van der Waals surface area contributed by atoms with Crippen LogP contribution in [0.2, 0.25) is 0 Å². The van der Waals surface area contributed by atoms with Crippen molar-refractivity contribution in [2.45, 2.75) is 50.4 Å². The van der Waals surface area contributed by atoms with E-state index in [4.69, 9.17) is 25.1 Å². The van der Waals surface area contributed by atoms with Crippen molar-refractivity contribution in [3.63, 3.8) is 0 Å². The smallest absolute Gasteiger partial charge is 0.475 e. The number of hydrogen-bond acceptors (Lipinski definition) is 6. The molecule has 2 N–H and O–H groups in total. The van der Waals surface area contributed by atoms with Gasteiger partial charge in [0, 0.05) is 50.5 Å². The third kappa shape index (κ3) is 9.25. The summed E-state index contributed by atoms with van der Waals surface area (Å²) in [5, 5.41) is 23.3. The highest BCUT2D eigenvalue weighted by Gasteiger charge is 2.46. The van der Waals surface area contributed by atoms with Crippen LogP contribution in [0, 0.1) is 11.3 Å². The van der Waals surface area contributed by atoms with Crippen LogP contribution in [-0.4, -0.2) is 73.8 Å². The van der Waals surface area contributed by atoms with E-state index in [1.807, 2.05) is 35.2 Å². The molecular weight excluding hydrogens is 538 g/mol. The average Bonchev–Trinajstić information content (AvgIpc) is 3.38. The van der Waals surface area contributed by atoms with Crippen LogP contribution in [0.5, 0.6) is 0 Å². The topological polar surface area (TPSA) is 135 Å². The highest BCUT2D eigenvalue weighted by molar-refractivity contribution is 5.80. The van der Waals surface area contributed by atoms with E-state index in [-0.39, 0.29) is 11.9 Å². The number of alkyl halides is 6. The van der Waals surface area contributed by atoms with Gasteiger partial charge in [-0.1, -0.05) is 12.1 Å². The molecule has 2 atom stereocenters. The van der Waals surface area contributed by atoms with E-state index in [0.29, 0.717) is 24.6 Å². The first-order valence-corrected chi connectivity index (χ1v) is 11.1. The SMILES string of the molecule is N#Cc1cccc(CN2CC[C@@H]3[C@@H]2CC(=O)N3Cc2ccncc2)c1.O=C(O)C(F)(F)F.O=C(O)C(F)(F)F. The number of fused-ring (bicyclic) bond motifs is 1. The van der Waals surface area contributed by atoms with E-state index in [9.17, 15) is 31.1 Å². The Kier molecular flexibility index (Phi) is 10.4. The van der Waals surface area contributed by atoms with Crippen LogP contribution >= 0.6 is 0 Å². The Labute approximate surface area is 217 Å². The molecule has 0 saturated carbocycles. The first-order valence-electron chi connectivity index (χ1n) is 11.1. The molecule has 210 valence electrons. The largest absolute Gasteiger partial charge is 0.490 e. The molecule has 2 fully saturated rings. The van der Waals surface area contributed by atoms with Crippen molar-refractivity contribution in [1.82, 2.24) is 14.8 Å². The summed E-state index contributed by atoms with van der Waals surface area (Å²) in [6.07, 6.45) is -5.01. The van der Waals surface area contributed by atoms with Crippen LogP contribution in [0.15, 0.2) is 48.8 Å². The van der Waals surface area contributed by atoms with E-state index in [1.165, 1.54) is 0 Å². The minimum absolute atomic E-state index is 0.238. The molecule has 2 aliphatic heterocycles. The Balaban J connectivity index is 0.000000317. The summed E-state index contributed by atoms with van der Waals surface area (Å²) in [5.41, 5.74) is 2.96. The van der Waals surface area contributed by atoms with Gasteiger partial charge in [-0.2, -0.15) is 31.6 Å². The number of carboxylic acids is 2. The molecule has 0 radical (unpaired) electrons. The number of carbonyl (C=O) groups excluding carboxylic acids is 1. The van der Waals surface area contributed by atoms with Gasteiger partial charge in [-0.3, -0.25) is 14.7 Å². The van der Waals surface area contributed by atoms with Crippen molar-refractivity contribution in [1.29, 1.82) is 5.26 Å². The second kappa shape index (κ2) is 13.1. The average molecular weight is 560 g/mol. The van der Waals surface area contributed by atoms with Gasteiger partial charge in [0.25, 0.3) is 0 Å². The van der Waals surface area contributed by atoms with E-state index in [1.54, 1.807) is 12.4 Å². The quantitative estimate of drug-likeness (QED) is 0.542. The van der Waals surface area contributed by atoms with Gasteiger partial charge in [0.2, 0.25) is 5.91 Å². The van der Waals surface area contributed by atoms with Gasteiger partial charge in [0.15, 0.2) is 0 Å². The number of carboxylic acid groups (broad SMARTS) is 2. The summed E-state index contributed by atoms with van der Waals surface area (Å²) in [5.74, 6) is -5.28. The van der Waals surface area contributed by atoms with Gasteiger partial charge in [-0.25, -0.2) is 9.59 Å². The number of benzene rings is 1. The molecule has 3 heterocycles. The van der Waals surface area contributed by atoms with E-state index in [2.05, 4.69) is 22.0 Å². The molecule has 2 aromatic rings. The van der Waals surface area contributed by atoms with Crippen molar-refractivity contribution in [3.05, 3.63) is 65.5 Å². The van der Waals surface area contributed by atoms with Gasteiger partial charge in [0.05, 0.1) is 11.6 Å². The standard InChI is InChI=1S/C20H20N4O.2C2HF3O2/c21-12-16-2-1-3-17(10-16)13-23-9-6-18-19(23)11-20(25)24(18)14-15-4-7-22-8-5-15;2*3-2(4,5)1(6)7/h1-5,7-8,10,18-19H,6,9,11,13-14H2;2*(H,6,7)/t18-,19+;;/m1../s1. The summed E-state index contributed by atoms with van der Waals surface area (Å²) >= 11 is 0. The number of aliphatic carboxylic acids is 2. The molecule has 0 spiro atoms. The Morgan fingerprint density at radius 2 is 1.51 bits per heavy atom. The number of nitriles is 1. The Morgan fingerprint density at radius 1 is 0.949 bits per heavy atom. The minimum atomic E-state index is -5.08. The third-order valence-electron chi connectivity index (χ3n) is 5.76. The molecule has 9 nitrogen and oxygen atoms in total. The third-order valence-corrected chi connectivity index (χ3v) is 5.76. The maximum absolute atomic E-state index is 12.5. The van der Waals surface area contributed by atoms with Crippen molar-refractivity contribution in [2.24, 2.45) is 0 Å². The summed E-state index contributed by atoms with van der Waals surface area (Å²) in [7, 11) is 0. The Hall–Kier alpha value is -4.19. The van der Waals surface area contributed by atoms with Crippen molar-refractivity contribution >= 4 is 17.8 Å². The zero-order chi connectivity index (χ0) is 29.4. The zero-order valence-corrected chi connectivity index (χ0v) is 20.0. The van der Waals surface area contributed by atoms with E-state index >= 15 is 0 Å². The van der Waals surface area contributed by atoms with Gasteiger partial charge in [-0.05, 0) is 41.8 Å². The molecule has 1 amide bonds. The molecule has 2 aliphatic rings. The molecule has 39 heavy (non-hydrogen) atoms. The first kappa shape index (κ1) is 31.0. The van der Waals surface area contributed by atoms with E-state index in [0.717, 1.165) is 30.6 Å². The second-order valence-corrected chi connectivity index (χ2v) is 8.39. The number of likely N-dealkylation sites (tertiary alicyclic amines) is 2. The molecule has 15 heteroatoms. The number of pyridine rings is 1. The number of carbonyl (C=O) groups is 3. The molecule has 0 bridgehead atoms. The lowest BCUT2D eigenvalue weighted by Crippen LogP contribution is -2.36. The summed E-state index contributed by atoms with van der Waals surface area (Å²) in [6.45, 7) is 2.46. The van der Waals surface area contributed by atoms with Crippen molar-refractivity contribution < 1.29 is 50.9 Å². The maximum Gasteiger partial charge on any atom is 0.490 e. The summed E-state index contributed by atoms with van der Waals surface area (Å²) in [4.78, 5) is 38.8. The molecule has 4 rings (SSSR count). The Morgan fingerprint density at radius 3 is 2.03 bits per heavy atom. The monoisotopic (exact) mass is 560 g/mol. The van der Waals surface area contributed by atoms with Gasteiger partial charge in [0.1, 0.15) is 0 Å². The predicted molar refractivity (Wildman–Crippen MR) is 121 cm³/mol. The van der Waals surface area contributed by atoms with Crippen LogP contribution in [0.1, 0.15) is 29.5 Å². The first-order chi connectivity index (χ1) is 18.1. The number of amides is 1. The molecule has 1 aromatic heterocycles. The lowest BCUT2D eigenvalue weighted by molar-refractivity contribution is -0.193.